The van der Waals surface area contributed by atoms with Crippen LogP contribution in [0.5, 0.6) is 0 Å². The summed E-state index contributed by atoms with van der Waals surface area (Å²) in [6.45, 7) is 2.09. The number of hydrogen-bond acceptors (Lipinski definition) is 3. The molecule has 1 heterocycles. The number of pyridine rings is 1. The van der Waals surface area contributed by atoms with Gasteiger partial charge in [0, 0.05) is 6.04 Å². The normalized spacial score (nSPS) is 12.4. The molecule has 1 unspecified atom stereocenters. The molecular formula is C11H16N2O2. The first-order valence-electron chi connectivity index (χ1n) is 5.11. The number of hydrogen-bond donors (Lipinski definition) is 2. The van der Waals surface area contributed by atoms with Crippen LogP contribution in [0.2, 0.25) is 0 Å². The van der Waals surface area contributed by atoms with E-state index in [9.17, 15) is 4.79 Å². The molecule has 1 aromatic heterocycles. The second-order valence-corrected chi connectivity index (χ2v) is 3.50. The second kappa shape index (κ2) is 5.46. The second-order valence-electron chi connectivity index (χ2n) is 3.50. The van der Waals surface area contributed by atoms with E-state index in [1.807, 2.05) is 0 Å². The summed E-state index contributed by atoms with van der Waals surface area (Å²) in [5, 5.41) is 8.76. The minimum Gasteiger partial charge on any atom is -0.477 e. The molecule has 0 aliphatic carbocycles. The summed E-state index contributed by atoms with van der Waals surface area (Å²) in [6.07, 6.45) is 2.94. The maximum Gasteiger partial charge on any atom is 0.354 e. The average molecular weight is 208 g/mol. The van der Waals surface area contributed by atoms with Crippen molar-refractivity contribution in [2.45, 2.75) is 32.2 Å². The van der Waals surface area contributed by atoms with Crippen molar-refractivity contribution in [2.75, 3.05) is 0 Å². The first-order chi connectivity index (χ1) is 7.15. The number of rotatable bonds is 5. The van der Waals surface area contributed by atoms with Gasteiger partial charge in [-0.1, -0.05) is 25.8 Å². The van der Waals surface area contributed by atoms with Gasteiger partial charge in [0.05, 0.1) is 5.69 Å². The topological polar surface area (TPSA) is 76.2 Å². The van der Waals surface area contributed by atoms with E-state index in [0.717, 1.165) is 19.3 Å². The third-order valence-electron chi connectivity index (χ3n) is 2.24. The smallest absolute Gasteiger partial charge is 0.354 e. The zero-order valence-electron chi connectivity index (χ0n) is 8.81. The van der Waals surface area contributed by atoms with Crippen molar-refractivity contribution in [1.82, 2.24) is 4.98 Å². The highest BCUT2D eigenvalue weighted by Crippen LogP contribution is 2.14. The van der Waals surface area contributed by atoms with Gasteiger partial charge in [0.15, 0.2) is 0 Å². The lowest BCUT2D eigenvalue weighted by molar-refractivity contribution is 0.0690. The number of carboxylic acid groups (broad SMARTS) is 1. The van der Waals surface area contributed by atoms with E-state index in [1.54, 1.807) is 12.1 Å². The van der Waals surface area contributed by atoms with Crippen LogP contribution in [0.4, 0.5) is 0 Å². The van der Waals surface area contributed by atoms with E-state index in [0.29, 0.717) is 5.69 Å². The predicted molar refractivity (Wildman–Crippen MR) is 57.6 cm³/mol. The molecular weight excluding hydrogens is 192 g/mol. The Morgan fingerprint density at radius 2 is 2.33 bits per heavy atom. The highest BCUT2D eigenvalue weighted by atomic mass is 16.4. The lowest BCUT2D eigenvalue weighted by Crippen LogP contribution is -2.13. The first-order valence-corrected chi connectivity index (χ1v) is 5.11. The highest BCUT2D eigenvalue weighted by molar-refractivity contribution is 5.85. The number of aromatic nitrogens is 1. The standard InChI is InChI=1S/C11H16N2O2/c1-2-3-5-8(12)9-6-4-7-10(13-9)11(14)15/h4,6-8H,2-3,5,12H2,1H3,(H,14,15). The number of carboxylic acids is 1. The summed E-state index contributed by atoms with van der Waals surface area (Å²) in [4.78, 5) is 14.7. The molecule has 0 radical (unpaired) electrons. The van der Waals surface area contributed by atoms with E-state index >= 15 is 0 Å². The summed E-state index contributed by atoms with van der Waals surface area (Å²) in [5.41, 5.74) is 6.61. The average Bonchev–Trinajstić information content (AvgIpc) is 2.26. The Hall–Kier alpha value is -1.42. The van der Waals surface area contributed by atoms with Crippen LogP contribution in [0.15, 0.2) is 18.2 Å². The number of nitrogens with zero attached hydrogens (tertiary/aromatic N) is 1. The van der Waals surface area contributed by atoms with Crippen molar-refractivity contribution < 1.29 is 9.90 Å². The molecule has 82 valence electrons. The highest BCUT2D eigenvalue weighted by Gasteiger charge is 2.10. The van der Waals surface area contributed by atoms with Gasteiger partial charge in [-0.25, -0.2) is 9.78 Å². The van der Waals surface area contributed by atoms with Gasteiger partial charge in [-0.05, 0) is 18.6 Å². The molecule has 15 heavy (non-hydrogen) atoms. The summed E-state index contributed by atoms with van der Waals surface area (Å²) in [6, 6.07) is 4.76. The molecule has 0 spiro atoms. The Bertz CT molecular complexity index is 339. The van der Waals surface area contributed by atoms with Gasteiger partial charge in [-0.15, -0.1) is 0 Å². The van der Waals surface area contributed by atoms with Gasteiger partial charge in [0.25, 0.3) is 0 Å². The quantitative estimate of drug-likeness (QED) is 0.775. The van der Waals surface area contributed by atoms with Crippen LogP contribution < -0.4 is 5.73 Å². The van der Waals surface area contributed by atoms with Crippen LogP contribution in [-0.4, -0.2) is 16.1 Å². The van der Waals surface area contributed by atoms with Crippen LogP contribution in [0.25, 0.3) is 0 Å². The van der Waals surface area contributed by atoms with Gasteiger partial charge in [-0.2, -0.15) is 0 Å². The zero-order valence-corrected chi connectivity index (χ0v) is 8.81. The van der Waals surface area contributed by atoms with E-state index in [-0.39, 0.29) is 11.7 Å². The fraction of sp³-hybridized carbons (Fsp3) is 0.455. The van der Waals surface area contributed by atoms with E-state index < -0.39 is 5.97 Å². The van der Waals surface area contributed by atoms with E-state index in [4.69, 9.17) is 10.8 Å². The Labute approximate surface area is 89.1 Å². The van der Waals surface area contributed by atoms with Gasteiger partial charge in [0.1, 0.15) is 5.69 Å². The summed E-state index contributed by atoms with van der Waals surface area (Å²) in [7, 11) is 0. The fourth-order valence-corrected chi connectivity index (χ4v) is 1.35. The molecule has 4 nitrogen and oxygen atoms in total. The molecule has 1 atom stereocenters. The van der Waals surface area contributed by atoms with Crippen LogP contribution in [-0.2, 0) is 0 Å². The third-order valence-corrected chi connectivity index (χ3v) is 2.24. The zero-order chi connectivity index (χ0) is 11.3. The molecule has 0 aromatic carbocycles. The van der Waals surface area contributed by atoms with E-state index in [1.165, 1.54) is 6.07 Å². The summed E-state index contributed by atoms with van der Waals surface area (Å²) >= 11 is 0. The molecule has 0 saturated carbocycles. The van der Waals surface area contributed by atoms with E-state index in [2.05, 4.69) is 11.9 Å². The number of carbonyl (C=O) groups is 1. The Morgan fingerprint density at radius 1 is 1.60 bits per heavy atom. The van der Waals surface area contributed by atoms with Gasteiger partial charge in [0.2, 0.25) is 0 Å². The van der Waals surface area contributed by atoms with Crippen LogP contribution in [0.1, 0.15) is 48.4 Å². The molecule has 1 rings (SSSR count). The largest absolute Gasteiger partial charge is 0.477 e. The van der Waals surface area contributed by atoms with Gasteiger partial charge in [-0.3, -0.25) is 0 Å². The molecule has 0 bridgehead atoms. The monoisotopic (exact) mass is 208 g/mol. The van der Waals surface area contributed by atoms with Crippen LogP contribution in [0, 0.1) is 0 Å². The van der Waals surface area contributed by atoms with Crippen molar-refractivity contribution in [3.05, 3.63) is 29.6 Å². The van der Waals surface area contributed by atoms with Crippen molar-refractivity contribution in [2.24, 2.45) is 5.73 Å². The molecule has 0 amide bonds. The number of unbranched alkanes of at least 4 members (excludes halogenated alkanes) is 1. The first kappa shape index (κ1) is 11.7. The molecule has 3 N–H and O–H groups in total. The van der Waals surface area contributed by atoms with Crippen LogP contribution in [0.3, 0.4) is 0 Å². The van der Waals surface area contributed by atoms with Gasteiger partial charge < -0.3 is 10.8 Å². The third kappa shape index (κ3) is 3.32. The molecule has 0 aliphatic rings. The fourth-order valence-electron chi connectivity index (χ4n) is 1.35. The van der Waals surface area contributed by atoms with Crippen molar-refractivity contribution in [3.63, 3.8) is 0 Å². The van der Waals surface area contributed by atoms with Gasteiger partial charge >= 0.3 is 5.97 Å². The minimum atomic E-state index is -1.01. The number of aromatic carboxylic acids is 1. The lowest BCUT2D eigenvalue weighted by Gasteiger charge is -2.10. The van der Waals surface area contributed by atoms with Crippen molar-refractivity contribution in [3.8, 4) is 0 Å². The van der Waals surface area contributed by atoms with Crippen molar-refractivity contribution >= 4 is 5.97 Å². The molecule has 0 aliphatic heterocycles. The van der Waals surface area contributed by atoms with Crippen molar-refractivity contribution in [1.29, 1.82) is 0 Å². The molecule has 0 saturated heterocycles. The molecule has 0 fully saturated rings. The summed E-state index contributed by atoms with van der Waals surface area (Å²) in [5.74, 6) is -1.01. The maximum atomic E-state index is 10.7. The summed E-state index contributed by atoms with van der Waals surface area (Å²) < 4.78 is 0. The minimum absolute atomic E-state index is 0.0550. The Morgan fingerprint density at radius 3 is 2.93 bits per heavy atom. The maximum absolute atomic E-state index is 10.7. The SMILES string of the molecule is CCCCC(N)c1cccc(C(=O)O)n1. The molecule has 4 heteroatoms. The Balaban J connectivity index is 2.76. The lowest BCUT2D eigenvalue weighted by atomic mass is 10.1. The van der Waals surface area contributed by atoms with Crippen LogP contribution >= 0.6 is 0 Å². The number of nitrogens with two attached hydrogens (primary N) is 1. The Kier molecular flexibility index (Phi) is 4.24. The molecule has 1 aromatic rings. The predicted octanol–water partition coefficient (Wildman–Crippen LogP) is 1.97.